The van der Waals surface area contributed by atoms with Crippen LogP contribution in [0.2, 0.25) is 0 Å². The summed E-state index contributed by atoms with van der Waals surface area (Å²) in [7, 11) is -2.10. The van der Waals surface area contributed by atoms with Gasteiger partial charge in [-0.05, 0) is 56.5 Å². The molecule has 2 aromatic rings. The lowest BCUT2D eigenvalue weighted by molar-refractivity contribution is -0.122. The summed E-state index contributed by atoms with van der Waals surface area (Å²) in [5.74, 6) is 0.318. The summed E-state index contributed by atoms with van der Waals surface area (Å²) < 4.78 is 31.9. The molecular formula is C22H30N2O4S. The number of methoxy groups -OCH3 is 1. The Bertz CT molecular complexity index is 952. The number of nitrogens with zero attached hydrogens (tertiary/aromatic N) is 1. The van der Waals surface area contributed by atoms with E-state index in [0.717, 1.165) is 22.9 Å². The highest BCUT2D eigenvalue weighted by Crippen LogP contribution is 2.27. The van der Waals surface area contributed by atoms with E-state index in [0.29, 0.717) is 17.9 Å². The lowest BCUT2D eigenvalue weighted by Gasteiger charge is -2.31. The van der Waals surface area contributed by atoms with Crippen molar-refractivity contribution in [2.45, 2.75) is 46.2 Å². The van der Waals surface area contributed by atoms with Crippen LogP contribution in [-0.2, 0) is 14.8 Å². The minimum absolute atomic E-state index is 0.338. The minimum Gasteiger partial charge on any atom is -0.496 e. The summed E-state index contributed by atoms with van der Waals surface area (Å²) >= 11 is 0. The van der Waals surface area contributed by atoms with Crippen LogP contribution in [-0.4, -0.2) is 33.7 Å². The Hall–Kier alpha value is -2.54. The molecule has 0 aliphatic heterocycles. The zero-order valence-electron chi connectivity index (χ0n) is 17.9. The molecule has 0 bridgehead atoms. The monoisotopic (exact) mass is 418 g/mol. The van der Waals surface area contributed by atoms with Gasteiger partial charge in [0.15, 0.2) is 0 Å². The number of aryl methyl sites for hydroxylation is 2. The third kappa shape index (κ3) is 5.50. The van der Waals surface area contributed by atoms with Gasteiger partial charge >= 0.3 is 0 Å². The molecule has 0 saturated carbocycles. The van der Waals surface area contributed by atoms with Crippen LogP contribution in [0.3, 0.4) is 0 Å². The van der Waals surface area contributed by atoms with Gasteiger partial charge in [0.05, 0.1) is 25.1 Å². The zero-order chi connectivity index (χ0) is 21.8. The molecule has 0 heterocycles. The maximum Gasteiger partial charge on any atom is 0.244 e. The van der Waals surface area contributed by atoms with E-state index in [4.69, 9.17) is 4.74 Å². The van der Waals surface area contributed by atoms with E-state index >= 15 is 0 Å². The number of hydrogen-bond donors (Lipinski definition) is 1. The SMILES string of the molecule is CC[C@@H](C(=O)N[C@H](C)c1ccccc1OC)N(c1cc(C)cc(C)c1)S(C)(=O)=O. The lowest BCUT2D eigenvalue weighted by atomic mass is 10.1. The molecule has 2 aromatic carbocycles. The number of rotatable bonds is 8. The first-order valence-electron chi connectivity index (χ1n) is 9.59. The maximum absolute atomic E-state index is 13.1. The van der Waals surface area contributed by atoms with Crippen LogP contribution < -0.4 is 14.4 Å². The molecule has 0 fully saturated rings. The van der Waals surface area contributed by atoms with E-state index in [-0.39, 0.29) is 11.9 Å². The standard InChI is InChI=1S/C22H30N2O4S/c1-7-20(22(25)23-17(4)19-10-8-9-11-21(19)28-5)24(29(6,26)27)18-13-15(2)12-16(3)14-18/h8-14,17,20H,7H2,1-6H3,(H,23,25)/t17-,20+/m1/s1. The molecule has 7 heteroatoms. The first kappa shape index (κ1) is 22.7. The number of ether oxygens (including phenoxy) is 1. The third-order valence-corrected chi connectivity index (χ3v) is 5.93. The molecule has 29 heavy (non-hydrogen) atoms. The van der Waals surface area contributed by atoms with Gasteiger partial charge < -0.3 is 10.1 Å². The summed E-state index contributed by atoms with van der Waals surface area (Å²) in [4.78, 5) is 13.1. The molecule has 0 aliphatic carbocycles. The third-order valence-electron chi connectivity index (χ3n) is 4.75. The van der Waals surface area contributed by atoms with Gasteiger partial charge in [0.25, 0.3) is 0 Å². The smallest absolute Gasteiger partial charge is 0.244 e. The second-order valence-electron chi connectivity index (χ2n) is 7.30. The first-order valence-corrected chi connectivity index (χ1v) is 11.4. The molecule has 2 rings (SSSR count). The Labute approximate surface area is 173 Å². The van der Waals surface area contributed by atoms with Crippen molar-refractivity contribution in [3.63, 3.8) is 0 Å². The van der Waals surface area contributed by atoms with Crippen molar-refractivity contribution >= 4 is 21.6 Å². The number of hydrogen-bond acceptors (Lipinski definition) is 4. The fraction of sp³-hybridized carbons (Fsp3) is 0.409. The Morgan fingerprint density at radius 3 is 2.24 bits per heavy atom. The van der Waals surface area contributed by atoms with Gasteiger partial charge in [0.1, 0.15) is 11.8 Å². The molecule has 0 unspecified atom stereocenters. The van der Waals surface area contributed by atoms with Crippen molar-refractivity contribution in [2.75, 3.05) is 17.7 Å². The molecule has 0 aliphatic rings. The largest absolute Gasteiger partial charge is 0.496 e. The zero-order valence-corrected chi connectivity index (χ0v) is 18.7. The van der Waals surface area contributed by atoms with Gasteiger partial charge in [0.2, 0.25) is 15.9 Å². The van der Waals surface area contributed by atoms with Gasteiger partial charge in [-0.2, -0.15) is 0 Å². The van der Waals surface area contributed by atoms with E-state index in [9.17, 15) is 13.2 Å². The van der Waals surface area contributed by atoms with Gasteiger partial charge in [-0.3, -0.25) is 9.10 Å². The van der Waals surface area contributed by atoms with Crippen LogP contribution in [0, 0.1) is 13.8 Å². The number of para-hydroxylation sites is 1. The molecule has 1 amide bonds. The summed E-state index contributed by atoms with van der Waals surface area (Å²) in [6.07, 6.45) is 1.47. The number of nitrogens with one attached hydrogen (secondary N) is 1. The quantitative estimate of drug-likeness (QED) is 0.709. The van der Waals surface area contributed by atoms with E-state index in [2.05, 4.69) is 5.32 Å². The number of amides is 1. The van der Waals surface area contributed by atoms with Crippen molar-refractivity contribution in [2.24, 2.45) is 0 Å². The minimum atomic E-state index is -3.67. The Morgan fingerprint density at radius 2 is 1.72 bits per heavy atom. The predicted octanol–water partition coefficient (Wildman–Crippen LogP) is 3.73. The van der Waals surface area contributed by atoms with Crippen LogP contribution >= 0.6 is 0 Å². The normalized spacial score (nSPS) is 13.4. The fourth-order valence-corrected chi connectivity index (χ4v) is 4.75. The van der Waals surface area contributed by atoms with Crippen molar-refractivity contribution in [1.29, 1.82) is 0 Å². The molecule has 158 valence electrons. The molecule has 0 spiro atoms. The average Bonchev–Trinajstić information content (AvgIpc) is 2.63. The first-order chi connectivity index (χ1) is 13.6. The number of benzene rings is 2. The summed E-state index contributed by atoms with van der Waals surface area (Å²) in [6, 6.07) is 11.8. The summed E-state index contributed by atoms with van der Waals surface area (Å²) in [6.45, 7) is 7.46. The average molecular weight is 419 g/mol. The molecule has 6 nitrogen and oxygen atoms in total. The maximum atomic E-state index is 13.1. The summed E-state index contributed by atoms with van der Waals surface area (Å²) in [5.41, 5.74) is 3.20. The molecular weight excluding hydrogens is 388 g/mol. The van der Waals surface area contributed by atoms with Crippen LogP contribution in [0.4, 0.5) is 5.69 Å². The molecule has 1 N–H and O–H groups in total. The highest BCUT2D eigenvalue weighted by Gasteiger charge is 2.32. The second-order valence-corrected chi connectivity index (χ2v) is 9.16. The van der Waals surface area contributed by atoms with E-state index in [1.54, 1.807) is 26.2 Å². The van der Waals surface area contributed by atoms with Crippen LogP contribution in [0.15, 0.2) is 42.5 Å². The van der Waals surface area contributed by atoms with E-state index in [1.807, 2.05) is 51.1 Å². The van der Waals surface area contributed by atoms with Crippen molar-refractivity contribution in [3.05, 3.63) is 59.2 Å². The number of sulfonamides is 1. The number of carbonyl (C=O) groups excluding carboxylic acids is 1. The van der Waals surface area contributed by atoms with Crippen molar-refractivity contribution < 1.29 is 17.9 Å². The van der Waals surface area contributed by atoms with Gasteiger partial charge in [-0.1, -0.05) is 31.2 Å². The van der Waals surface area contributed by atoms with Crippen molar-refractivity contribution in [3.8, 4) is 5.75 Å². The van der Waals surface area contributed by atoms with E-state index < -0.39 is 16.1 Å². The Balaban J connectivity index is 2.38. The molecule has 0 aromatic heterocycles. The van der Waals surface area contributed by atoms with Gasteiger partial charge in [0, 0.05) is 5.56 Å². The predicted molar refractivity (Wildman–Crippen MR) is 117 cm³/mol. The molecule has 2 atom stereocenters. The van der Waals surface area contributed by atoms with Crippen molar-refractivity contribution in [1.82, 2.24) is 5.32 Å². The molecule has 0 radical (unpaired) electrons. The lowest BCUT2D eigenvalue weighted by Crippen LogP contribution is -2.49. The number of carbonyl (C=O) groups is 1. The summed E-state index contributed by atoms with van der Waals surface area (Å²) in [5, 5.41) is 2.95. The Morgan fingerprint density at radius 1 is 1.14 bits per heavy atom. The highest BCUT2D eigenvalue weighted by molar-refractivity contribution is 7.92. The van der Waals surface area contributed by atoms with E-state index in [1.165, 1.54) is 4.31 Å². The fourth-order valence-electron chi connectivity index (χ4n) is 3.55. The topological polar surface area (TPSA) is 75.7 Å². The van der Waals surface area contributed by atoms with Crippen LogP contribution in [0.25, 0.3) is 0 Å². The second kappa shape index (κ2) is 9.31. The van der Waals surface area contributed by atoms with Gasteiger partial charge in [-0.25, -0.2) is 8.42 Å². The number of anilines is 1. The van der Waals surface area contributed by atoms with Crippen LogP contribution in [0.5, 0.6) is 5.75 Å². The Kier molecular flexibility index (Phi) is 7.30. The van der Waals surface area contributed by atoms with Crippen LogP contribution in [0.1, 0.15) is 43.0 Å². The van der Waals surface area contributed by atoms with Gasteiger partial charge in [-0.15, -0.1) is 0 Å². The highest BCUT2D eigenvalue weighted by atomic mass is 32.2. The molecule has 0 saturated heterocycles.